The number of hydrogen-bond acceptors (Lipinski definition) is 5. The van der Waals surface area contributed by atoms with Crippen LogP contribution in [-0.2, 0) is 15.5 Å². The van der Waals surface area contributed by atoms with Gasteiger partial charge in [-0.15, -0.1) is 0 Å². The Kier molecular flexibility index (Phi) is 4.66. The first-order valence-electron chi connectivity index (χ1n) is 7.31. The molecule has 0 aliphatic rings. The number of nitro benzene ring substituents is 1. The van der Waals surface area contributed by atoms with Crippen molar-refractivity contribution in [2.24, 2.45) is 0 Å². The Hall–Kier alpha value is -2.41. The van der Waals surface area contributed by atoms with Crippen molar-refractivity contribution in [1.29, 1.82) is 0 Å². The van der Waals surface area contributed by atoms with Crippen LogP contribution in [0.2, 0.25) is 0 Å². The van der Waals surface area contributed by atoms with Gasteiger partial charge >= 0.3 is 15.8 Å². The molecule has 2 aromatic carbocycles. The second-order valence-electron chi connectivity index (χ2n) is 6.54. The van der Waals surface area contributed by atoms with Gasteiger partial charge < -0.3 is 4.18 Å². The lowest BCUT2D eigenvalue weighted by Crippen LogP contribution is -2.14. The normalized spacial score (nSPS) is 12.0. The summed E-state index contributed by atoms with van der Waals surface area (Å²) in [4.78, 5) is 10.6. The topological polar surface area (TPSA) is 86.5 Å². The van der Waals surface area contributed by atoms with Gasteiger partial charge in [0.2, 0.25) is 5.75 Å². The van der Waals surface area contributed by atoms with E-state index in [9.17, 15) is 18.5 Å². The molecule has 0 fully saturated rings. The van der Waals surface area contributed by atoms with E-state index in [1.54, 1.807) is 18.2 Å². The first kappa shape index (κ1) is 17.9. The zero-order valence-electron chi connectivity index (χ0n) is 13.9. The quantitative estimate of drug-likeness (QED) is 0.473. The molecule has 2 aromatic rings. The molecule has 0 unspecified atom stereocenters. The van der Waals surface area contributed by atoms with Crippen molar-refractivity contribution >= 4 is 15.8 Å². The number of rotatable bonds is 4. The fraction of sp³-hybridized carbons (Fsp3) is 0.294. The van der Waals surface area contributed by atoms with Crippen LogP contribution in [0.25, 0.3) is 0 Å². The van der Waals surface area contributed by atoms with E-state index in [0.29, 0.717) is 5.56 Å². The molecule has 0 heterocycles. The molecule has 0 N–H and O–H groups in total. The molecule has 0 aliphatic heterocycles. The molecule has 0 spiro atoms. The van der Waals surface area contributed by atoms with Crippen molar-refractivity contribution in [2.45, 2.75) is 38.0 Å². The van der Waals surface area contributed by atoms with Crippen LogP contribution in [0.4, 0.5) is 5.69 Å². The number of nitrogens with zero attached hydrogens (tertiary/aromatic N) is 1. The summed E-state index contributed by atoms with van der Waals surface area (Å²) >= 11 is 0. The molecule has 0 radical (unpaired) electrons. The largest absolute Gasteiger partial charge is 0.372 e. The number of aryl methyl sites for hydroxylation is 1. The van der Waals surface area contributed by atoms with Crippen LogP contribution in [0.3, 0.4) is 0 Å². The van der Waals surface area contributed by atoms with Gasteiger partial charge in [-0.2, -0.15) is 8.42 Å². The first-order chi connectivity index (χ1) is 11.0. The van der Waals surface area contributed by atoms with Gasteiger partial charge in [0.15, 0.2) is 0 Å². The summed E-state index contributed by atoms with van der Waals surface area (Å²) in [6.45, 7) is 7.56. The van der Waals surface area contributed by atoms with E-state index < -0.39 is 15.0 Å². The predicted octanol–water partition coefficient (Wildman–Crippen LogP) is 3.97. The maximum Gasteiger partial charge on any atom is 0.339 e. The van der Waals surface area contributed by atoms with Crippen LogP contribution in [0.15, 0.2) is 47.4 Å². The molecule has 2 rings (SSSR count). The van der Waals surface area contributed by atoms with E-state index in [2.05, 4.69) is 0 Å². The lowest BCUT2D eigenvalue weighted by Gasteiger charge is -2.19. The van der Waals surface area contributed by atoms with Gasteiger partial charge in [0, 0.05) is 6.07 Å². The fourth-order valence-electron chi connectivity index (χ4n) is 2.07. The van der Waals surface area contributed by atoms with Crippen molar-refractivity contribution in [1.82, 2.24) is 0 Å². The zero-order valence-corrected chi connectivity index (χ0v) is 14.8. The van der Waals surface area contributed by atoms with E-state index in [1.807, 2.05) is 27.7 Å². The summed E-state index contributed by atoms with van der Waals surface area (Å²) in [5.74, 6) is -0.298. The molecule has 7 heteroatoms. The highest BCUT2D eigenvalue weighted by Gasteiger charge is 2.26. The third-order valence-electron chi connectivity index (χ3n) is 3.53. The molecular weight excluding hydrogens is 330 g/mol. The van der Waals surface area contributed by atoms with Crippen molar-refractivity contribution in [2.75, 3.05) is 0 Å². The summed E-state index contributed by atoms with van der Waals surface area (Å²) in [5.41, 5.74) is 0.931. The van der Waals surface area contributed by atoms with E-state index in [-0.39, 0.29) is 21.7 Å². The smallest absolute Gasteiger partial charge is 0.339 e. The van der Waals surface area contributed by atoms with Gasteiger partial charge in [0.05, 0.1) is 4.92 Å². The first-order valence-corrected chi connectivity index (χ1v) is 8.71. The van der Waals surface area contributed by atoms with Crippen molar-refractivity contribution in [3.05, 3.63) is 63.7 Å². The van der Waals surface area contributed by atoms with Crippen molar-refractivity contribution in [3.63, 3.8) is 0 Å². The zero-order chi connectivity index (χ0) is 18.1. The molecule has 0 bridgehead atoms. The highest BCUT2D eigenvalue weighted by atomic mass is 32.2. The summed E-state index contributed by atoms with van der Waals surface area (Å²) in [6, 6.07) is 10.4. The van der Waals surface area contributed by atoms with E-state index in [4.69, 9.17) is 4.18 Å². The molecule has 0 saturated heterocycles. The molecule has 0 atom stereocenters. The van der Waals surface area contributed by atoms with Gasteiger partial charge in [-0.05, 0) is 36.1 Å². The Morgan fingerprint density at radius 2 is 1.62 bits per heavy atom. The summed E-state index contributed by atoms with van der Waals surface area (Å²) in [7, 11) is -4.14. The van der Waals surface area contributed by atoms with E-state index in [1.165, 1.54) is 24.3 Å². The average molecular weight is 349 g/mol. The maximum absolute atomic E-state index is 12.3. The molecule has 128 valence electrons. The van der Waals surface area contributed by atoms with Crippen LogP contribution < -0.4 is 4.18 Å². The van der Waals surface area contributed by atoms with Crippen LogP contribution in [0.5, 0.6) is 5.75 Å². The van der Waals surface area contributed by atoms with Crippen molar-refractivity contribution in [3.8, 4) is 5.75 Å². The summed E-state index contributed by atoms with van der Waals surface area (Å²) in [6.07, 6.45) is 0. The van der Waals surface area contributed by atoms with E-state index in [0.717, 1.165) is 5.56 Å². The minimum absolute atomic E-state index is 0.0534. The molecular formula is C17H19NO5S. The van der Waals surface area contributed by atoms with Crippen molar-refractivity contribution < 1.29 is 17.5 Å². The second-order valence-corrected chi connectivity index (χ2v) is 8.09. The molecule has 0 aliphatic carbocycles. The highest BCUT2D eigenvalue weighted by molar-refractivity contribution is 7.87. The summed E-state index contributed by atoms with van der Waals surface area (Å²) in [5, 5.41) is 11.3. The Morgan fingerprint density at radius 3 is 2.12 bits per heavy atom. The Balaban J connectivity index is 2.45. The predicted molar refractivity (Wildman–Crippen MR) is 90.8 cm³/mol. The lowest BCUT2D eigenvalue weighted by atomic mass is 9.87. The molecule has 0 amide bonds. The van der Waals surface area contributed by atoms with Gasteiger partial charge in [-0.1, -0.05) is 44.5 Å². The SMILES string of the molecule is Cc1ccc(S(=O)(=O)Oc2ccc(C(C)(C)C)cc2[N+](=O)[O-])cc1. The van der Waals surface area contributed by atoms with Crippen LogP contribution in [-0.4, -0.2) is 13.3 Å². The number of nitro groups is 1. The lowest BCUT2D eigenvalue weighted by molar-refractivity contribution is -0.385. The van der Waals surface area contributed by atoms with Crippen LogP contribution in [0.1, 0.15) is 31.9 Å². The summed E-state index contributed by atoms with van der Waals surface area (Å²) < 4.78 is 29.7. The Labute approximate surface area is 141 Å². The van der Waals surface area contributed by atoms with Crippen LogP contribution in [0, 0.1) is 17.0 Å². The van der Waals surface area contributed by atoms with Gasteiger partial charge in [0.1, 0.15) is 4.90 Å². The monoisotopic (exact) mass is 349 g/mol. The Morgan fingerprint density at radius 1 is 1.04 bits per heavy atom. The minimum atomic E-state index is -4.14. The third-order valence-corrected chi connectivity index (χ3v) is 4.78. The van der Waals surface area contributed by atoms with Gasteiger partial charge in [0.25, 0.3) is 0 Å². The standard InChI is InChI=1S/C17H19NO5S/c1-12-5-8-14(9-6-12)24(21,22)23-16-10-7-13(17(2,3)4)11-15(16)18(19)20/h5-11H,1-4H3. The maximum atomic E-state index is 12.3. The number of hydrogen-bond donors (Lipinski definition) is 0. The van der Waals surface area contributed by atoms with Gasteiger partial charge in [-0.25, -0.2) is 0 Å². The minimum Gasteiger partial charge on any atom is -0.372 e. The average Bonchev–Trinajstić information content (AvgIpc) is 2.46. The molecule has 24 heavy (non-hydrogen) atoms. The fourth-order valence-corrected chi connectivity index (χ4v) is 3.01. The third kappa shape index (κ3) is 3.91. The molecule has 0 saturated carbocycles. The number of benzene rings is 2. The second kappa shape index (κ2) is 6.24. The molecule has 0 aromatic heterocycles. The van der Waals surface area contributed by atoms with Gasteiger partial charge in [-0.3, -0.25) is 10.1 Å². The Bertz CT molecular complexity index is 865. The molecule has 6 nitrogen and oxygen atoms in total. The van der Waals surface area contributed by atoms with E-state index >= 15 is 0 Å². The van der Waals surface area contributed by atoms with Crippen LogP contribution >= 0.6 is 0 Å². The highest BCUT2D eigenvalue weighted by Crippen LogP contribution is 2.34.